The van der Waals surface area contributed by atoms with Crippen molar-refractivity contribution in [2.75, 3.05) is 23.5 Å². The van der Waals surface area contributed by atoms with Crippen LogP contribution >= 0.6 is 0 Å². The molecular formula is C15H18N4O6S2. The van der Waals surface area contributed by atoms with E-state index in [1.54, 1.807) is 0 Å². The largest absolute Gasteiger partial charge is 0.301 e. The van der Waals surface area contributed by atoms with Crippen molar-refractivity contribution in [3.63, 3.8) is 0 Å². The molecule has 0 aliphatic rings. The molecule has 0 bridgehead atoms. The average Bonchev–Trinajstić information content (AvgIpc) is 2.61. The zero-order chi connectivity index (χ0) is 20.2. The first-order chi connectivity index (χ1) is 12.5. The number of carbonyl (C=O) groups excluding carboxylic acids is 1. The van der Waals surface area contributed by atoms with E-state index in [2.05, 4.69) is 9.44 Å². The minimum Gasteiger partial charge on any atom is -0.288 e. The number of nitrogens with zero attached hydrogens (tertiary/aromatic N) is 1. The molecule has 0 saturated heterocycles. The van der Waals surface area contributed by atoms with E-state index in [1.165, 1.54) is 68.1 Å². The molecule has 0 unspecified atom stereocenters. The Morgan fingerprint density at radius 2 is 1.33 bits per heavy atom. The predicted octanol–water partition coefficient (Wildman–Crippen LogP) is 0.825. The molecule has 0 spiro atoms. The van der Waals surface area contributed by atoms with E-state index in [1.807, 2.05) is 0 Å². The lowest BCUT2D eigenvalue weighted by atomic mass is 10.2. The van der Waals surface area contributed by atoms with Gasteiger partial charge in [0.05, 0.1) is 4.90 Å². The lowest BCUT2D eigenvalue weighted by Gasteiger charge is -2.14. The SMILES string of the molecule is CN(C)S(=O)(=O)Nc1ccc(S(=O)(=O)Nc2ccc(C(=O)NO)cc2)cc1. The van der Waals surface area contributed by atoms with Gasteiger partial charge in [-0.15, -0.1) is 0 Å². The maximum atomic E-state index is 12.4. The third kappa shape index (κ3) is 5.17. The van der Waals surface area contributed by atoms with Gasteiger partial charge in [-0.3, -0.25) is 19.4 Å². The summed E-state index contributed by atoms with van der Waals surface area (Å²) in [6.45, 7) is 0. The summed E-state index contributed by atoms with van der Waals surface area (Å²) < 4.78 is 53.9. The van der Waals surface area contributed by atoms with Crippen LogP contribution in [0.4, 0.5) is 11.4 Å². The van der Waals surface area contributed by atoms with Crippen LogP contribution in [0.15, 0.2) is 53.4 Å². The Labute approximate surface area is 157 Å². The van der Waals surface area contributed by atoms with Crippen LogP contribution in [0.3, 0.4) is 0 Å². The monoisotopic (exact) mass is 414 g/mol. The maximum Gasteiger partial charge on any atom is 0.301 e. The van der Waals surface area contributed by atoms with Gasteiger partial charge in [0.15, 0.2) is 0 Å². The first-order valence-corrected chi connectivity index (χ1v) is 10.3. The summed E-state index contributed by atoms with van der Waals surface area (Å²) in [4.78, 5) is 11.2. The summed E-state index contributed by atoms with van der Waals surface area (Å²) in [6, 6.07) is 10.6. The molecule has 2 rings (SSSR count). The second-order valence-electron chi connectivity index (χ2n) is 5.54. The van der Waals surface area contributed by atoms with Gasteiger partial charge in [-0.2, -0.15) is 12.7 Å². The highest BCUT2D eigenvalue weighted by atomic mass is 32.2. The van der Waals surface area contributed by atoms with E-state index < -0.39 is 26.1 Å². The summed E-state index contributed by atoms with van der Waals surface area (Å²) in [5.41, 5.74) is 2.04. The fourth-order valence-electron chi connectivity index (χ4n) is 1.91. The van der Waals surface area contributed by atoms with Crippen molar-refractivity contribution in [3.05, 3.63) is 54.1 Å². The van der Waals surface area contributed by atoms with Gasteiger partial charge in [-0.1, -0.05) is 0 Å². The van der Waals surface area contributed by atoms with Crippen LogP contribution < -0.4 is 14.9 Å². The fourth-order valence-corrected chi connectivity index (χ4v) is 3.59. The van der Waals surface area contributed by atoms with Gasteiger partial charge in [0.1, 0.15) is 0 Å². The van der Waals surface area contributed by atoms with Gasteiger partial charge in [0.25, 0.3) is 15.9 Å². The number of sulfonamides is 1. The van der Waals surface area contributed by atoms with E-state index >= 15 is 0 Å². The minimum atomic E-state index is -3.92. The van der Waals surface area contributed by atoms with Crippen molar-refractivity contribution in [1.82, 2.24) is 9.79 Å². The summed E-state index contributed by atoms with van der Waals surface area (Å²) in [6.07, 6.45) is 0. The zero-order valence-corrected chi connectivity index (χ0v) is 16.0. The molecule has 0 saturated carbocycles. The molecule has 1 amide bonds. The number of benzene rings is 2. The molecule has 0 aromatic heterocycles. The zero-order valence-electron chi connectivity index (χ0n) is 14.4. The Bertz CT molecular complexity index is 1020. The Kier molecular flexibility index (Phi) is 6.05. The van der Waals surface area contributed by atoms with Crippen molar-refractivity contribution in [2.24, 2.45) is 0 Å². The molecule has 0 heterocycles. The quantitative estimate of drug-likeness (QED) is 0.390. The number of hydroxylamine groups is 1. The predicted molar refractivity (Wildman–Crippen MR) is 99.2 cm³/mol. The smallest absolute Gasteiger partial charge is 0.288 e. The summed E-state index contributed by atoms with van der Waals surface area (Å²) >= 11 is 0. The Morgan fingerprint density at radius 1 is 0.852 bits per heavy atom. The number of hydrogen-bond donors (Lipinski definition) is 4. The third-order valence-electron chi connectivity index (χ3n) is 3.39. The summed E-state index contributed by atoms with van der Waals surface area (Å²) in [7, 11) is -4.89. The third-order valence-corrected chi connectivity index (χ3v) is 6.25. The van der Waals surface area contributed by atoms with Gasteiger partial charge < -0.3 is 0 Å². The van der Waals surface area contributed by atoms with Crippen LogP contribution in [0, 0.1) is 0 Å². The standard InChI is InChI=1S/C15H18N4O6S2/c1-19(2)27(24,25)18-13-7-9-14(10-8-13)26(22,23)17-12-5-3-11(4-6-12)15(20)16-21/h3-10,17-18,21H,1-2H3,(H,16,20). The molecular weight excluding hydrogens is 396 g/mol. The molecule has 0 radical (unpaired) electrons. The van der Waals surface area contributed by atoms with Gasteiger partial charge in [-0.25, -0.2) is 13.9 Å². The molecule has 0 aliphatic carbocycles. The van der Waals surface area contributed by atoms with E-state index in [0.717, 1.165) is 4.31 Å². The van der Waals surface area contributed by atoms with Crippen LogP contribution in [0.1, 0.15) is 10.4 Å². The minimum absolute atomic E-state index is 0.0764. The van der Waals surface area contributed by atoms with Crippen molar-refractivity contribution in [2.45, 2.75) is 4.90 Å². The maximum absolute atomic E-state index is 12.4. The first-order valence-electron chi connectivity index (χ1n) is 7.43. The van der Waals surface area contributed by atoms with E-state index in [0.29, 0.717) is 0 Å². The van der Waals surface area contributed by atoms with Gasteiger partial charge in [-0.05, 0) is 48.5 Å². The molecule has 4 N–H and O–H groups in total. The van der Waals surface area contributed by atoms with Crippen LogP contribution in [-0.4, -0.2) is 46.4 Å². The number of rotatable bonds is 7. The lowest BCUT2D eigenvalue weighted by Crippen LogP contribution is -2.28. The van der Waals surface area contributed by atoms with Crippen LogP contribution in [-0.2, 0) is 20.2 Å². The molecule has 0 atom stereocenters. The Morgan fingerprint density at radius 3 is 1.81 bits per heavy atom. The number of carbonyl (C=O) groups is 1. The highest BCUT2D eigenvalue weighted by Gasteiger charge is 2.16. The van der Waals surface area contributed by atoms with Crippen molar-refractivity contribution >= 4 is 37.5 Å². The number of amides is 1. The molecule has 10 nitrogen and oxygen atoms in total. The average molecular weight is 414 g/mol. The first kappa shape index (κ1) is 20.6. The molecule has 2 aromatic rings. The second kappa shape index (κ2) is 7.92. The topological polar surface area (TPSA) is 145 Å². The summed E-state index contributed by atoms with van der Waals surface area (Å²) in [5.74, 6) is -0.722. The van der Waals surface area contributed by atoms with E-state index in [-0.39, 0.29) is 21.8 Å². The van der Waals surface area contributed by atoms with E-state index in [4.69, 9.17) is 5.21 Å². The van der Waals surface area contributed by atoms with Crippen LogP contribution in [0.25, 0.3) is 0 Å². The molecule has 27 heavy (non-hydrogen) atoms. The molecule has 0 aliphatic heterocycles. The number of hydrogen-bond acceptors (Lipinski definition) is 6. The molecule has 0 fully saturated rings. The number of anilines is 2. The molecule has 12 heteroatoms. The Hall–Kier alpha value is -2.67. The van der Waals surface area contributed by atoms with Crippen LogP contribution in [0.5, 0.6) is 0 Å². The van der Waals surface area contributed by atoms with Gasteiger partial charge in [0, 0.05) is 31.0 Å². The van der Waals surface area contributed by atoms with Crippen molar-refractivity contribution < 1.29 is 26.8 Å². The van der Waals surface area contributed by atoms with Crippen LogP contribution in [0.2, 0.25) is 0 Å². The number of nitrogens with one attached hydrogen (secondary N) is 3. The second-order valence-corrected chi connectivity index (χ2v) is 9.10. The highest BCUT2D eigenvalue weighted by Crippen LogP contribution is 2.19. The molecule has 146 valence electrons. The molecule has 2 aromatic carbocycles. The highest BCUT2D eigenvalue weighted by molar-refractivity contribution is 7.92. The lowest BCUT2D eigenvalue weighted by molar-refractivity contribution is 0.0706. The van der Waals surface area contributed by atoms with Gasteiger partial charge >= 0.3 is 10.2 Å². The van der Waals surface area contributed by atoms with Crippen molar-refractivity contribution in [3.8, 4) is 0 Å². The van der Waals surface area contributed by atoms with E-state index in [9.17, 15) is 21.6 Å². The Balaban J connectivity index is 2.16. The van der Waals surface area contributed by atoms with Gasteiger partial charge in [0.2, 0.25) is 0 Å². The summed E-state index contributed by atoms with van der Waals surface area (Å²) in [5, 5.41) is 8.56. The van der Waals surface area contributed by atoms with Crippen molar-refractivity contribution in [1.29, 1.82) is 0 Å². The fraction of sp³-hybridized carbons (Fsp3) is 0.133. The normalized spacial score (nSPS) is 11.9.